The van der Waals surface area contributed by atoms with Crippen molar-refractivity contribution in [1.29, 1.82) is 0 Å². The van der Waals surface area contributed by atoms with E-state index in [0.29, 0.717) is 17.7 Å². The molecule has 2 amide bonds. The molecule has 0 unspecified atom stereocenters. The molecule has 0 spiro atoms. The Balaban J connectivity index is 2.05. The zero-order valence-corrected chi connectivity index (χ0v) is 21.3. The molecule has 0 aromatic heterocycles. The van der Waals surface area contributed by atoms with E-state index in [1.165, 1.54) is 48.3 Å². The second-order valence-electron chi connectivity index (χ2n) is 8.25. The number of amides is 2. The standard InChI is InChI=1S/C27H30FN3O4S/c1-4-22-10-8-9-13-25(22)31(36(34,35)24-11-6-5-7-12-24)19-26(32)30(20(2)27(33)29-3)18-21-14-16-23(28)17-15-21/h5-17,20H,4,18-19H2,1-3H3,(H,29,33)/t20-/m1/s1. The topological polar surface area (TPSA) is 86.8 Å². The van der Waals surface area contributed by atoms with Gasteiger partial charge >= 0.3 is 0 Å². The van der Waals surface area contributed by atoms with Crippen LogP contribution in [0.3, 0.4) is 0 Å². The Morgan fingerprint density at radius 2 is 1.56 bits per heavy atom. The van der Waals surface area contributed by atoms with E-state index in [2.05, 4.69) is 5.32 Å². The molecule has 3 rings (SSSR count). The number of hydrogen-bond donors (Lipinski definition) is 1. The zero-order valence-electron chi connectivity index (χ0n) is 20.5. The molecule has 0 aliphatic carbocycles. The summed E-state index contributed by atoms with van der Waals surface area (Å²) in [4.78, 5) is 27.5. The first-order valence-corrected chi connectivity index (χ1v) is 13.0. The summed E-state index contributed by atoms with van der Waals surface area (Å²) in [6.07, 6.45) is 0.555. The number of para-hydroxylation sites is 1. The largest absolute Gasteiger partial charge is 0.357 e. The smallest absolute Gasteiger partial charge is 0.264 e. The molecule has 1 atom stereocenters. The number of benzene rings is 3. The van der Waals surface area contributed by atoms with Crippen LogP contribution in [-0.4, -0.2) is 44.8 Å². The number of nitrogens with zero attached hydrogens (tertiary/aromatic N) is 2. The predicted octanol–water partition coefficient (Wildman–Crippen LogP) is 3.75. The molecule has 190 valence electrons. The Morgan fingerprint density at radius 3 is 2.17 bits per heavy atom. The molecule has 9 heteroatoms. The maximum Gasteiger partial charge on any atom is 0.264 e. The molecule has 0 heterocycles. The molecule has 0 fully saturated rings. The van der Waals surface area contributed by atoms with Crippen molar-refractivity contribution >= 4 is 27.5 Å². The van der Waals surface area contributed by atoms with Crippen molar-refractivity contribution in [3.63, 3.8) is 0 Å². The van der Waals surface area contributed by atoms with Crippen molar-refractivity contribution in [2.45, 2.75) is 37.8 Å². The van der Waals surface area contributed by atoms with Crippen LogP contribution in [0.1, 0.15) is 25.0 Å². The summed E-state index contributed by atoms with van der Waals surface area (Å²) < 4.78 is 42.0. The maximum absolute atomic E-state index is 13.7. The highest BCUT2D eigenvalue weighted by molar-refractivity contribution is 7.92. The van der Waals surface area contributed by atoms with E-state index in [1.807, 2.05) is 19.1 Å². The van der Waals surface area contributed by atoms with Gasteiger partial charge in [-0.3, -0.25) is 13.9 Å². The number of carbonyl (C=O) groups excluding carboxylic acids is 2. The summed E-state index contributed by atoms with van der Waals surface area (Å²) in [5, 5.41) is 2.53. The molecular formula is C27H30FN3O4S. The fourth-order valence-electron chi connectivity index (χ4n) is 3.86. The van der Waals surface area contributed by atoms with Crippen LogP contribution < -0.4 is 9.62 Å². The number of halogens is 1. The van der Waals surface area contributed by atoms with Crippen LogP contribution in [0.5, 0.6) is 0 Å². The van der Waals surface area contributed by atoms with Crippen molar-refractivity contribution in [3.05, 3.63) is 95.8 Å². The van der Waals surface area contributed by atoms with Gasteiger partial charge in [0.15, 0.2) is 0 Å². The summed E-state index contributed by atoms with van der Waals surface area (Å²) in [5.74, 6) is -1.40. The third-order valence-electron chi connectivity index (χ3n) is 5.93. The minimum absolute atomic E-state index is 0.00233. The van der Waals surface area contributed by atoms with Crippen molar-refractivity contribution in [2.75, 3.05) is 17.9 Å². The van der Waals surface area contributed by atoms with Crippen molar-refractivity contribution in [1.82, 2.24) is 10.2 Å². The van der Waals surface area contributed by atoms with Crippen LogP contribution in [0.15, 0.2) is 83.8 Å². The third-order valence-corrected chi connectivity index (χ3v) is 7.71. The molecule has 0 radical (unpaired) electrons. The molecule has 0 saturated heterocycles. The number of nitrogens with one attached hydrogen (secondary N) is 1. The van der Waals surface area contributed by atoms with Gasteiger partial charge in [0, 0.05) is 13.6 Å². The molecule has 0 saturated carbocycles. The highest BCUT2D eigenvalue weighted by atomic mass is 32.2. The van der Waals surface area contributed by atoms with Gasteiger partial charge in [-0.15, -0.1) is 0 Å². The molecular weight excluding hydrogens is 481 g/mol. The zero-order chi connectivity index (χ0) is 26.3. The SMILES string of the molecule is CCc1ccccc1N(CC(=O)N(Cc1ccc(F)cc1)[C@H](C)C(=O)NC)S(=O)(=O)c1ccccc1. The number of rotatable bonds is 10. The lowest BCUT2D eigenvalue weighted by atomic mass is 10.1. The monoisotopic (exact) mass is 511 g/mol. The normalized spacial score (nSPS) is 12.0. The maximum atomic E-state index is 13.7. The Morgan fingerprint density at radius 1 is 0.944 bits per heavy atom. The molecule has 7 nitrogen and oxygen atoms in total. The van der Waals surface area contributed by atoms with Gasteiger partial charge in [-0.1, -0.05) is 55.5 Å². The molecule has 36 heavy (non-hydrogen) atoms. The van der Waals surface area contributed by atoms with Crippen LogP contribution in [0.2, 0.25) is 0 Å². The van der Waals surface area contributed by atoms with E-state index >= 15 is 0 Å². The van der Waals surface area contributed by atoms with E-state index in [0.717, 1.165) is 9.87 Å². The Hall–Kier alpha value is -3.72. The summed E-state index contributed by atoms with van der Waals surface area (Å²) in [6, 6.07) is 19.6. The lowest BCUT2D eigenvalue weighted by molar-refractivity contribution is -0.139. The minimum atomic E-state index is -4.11. The molecule has 0 bridgehead atoms. The first kappa shape index (κ1) is 26.9. The number of hydrogen-bond acceptors (Lipinski definition) is 4. The average Bonchev–Trinajstić information content (AvgIpc) is 2.90. The fourth-order valence-corrected chi connectivity index (χ4v) is 5.34. The van der Waals surface area contributed by atoms with Gasteiger partial charge in [0.1, 0.15) is 18.4 Å². The van der Waals surface area contributed by atoms with Crippen molar-refractivity contribution < 1.29 is 22.4 Å². The van der Waals surface area contributed by atoms with Gasteiger partial charge in [-0.05, 0) is 54.8 Å². The number of anilines is 1. The lowest BCUT2D eigenvalue weighted by Crippen LogP contribution is -2.50. The highest BCUT2D eigenvalue weighted by Gasteiger charge is 2.33. The Kier molecular flexibility index (Phi) is 8.82. The van der Waals surface area contributed by atoms with Gasteiger partial charge in [-0.2, -0.15) is 0 Å². The number of sulfonamides is 1. The first-order chi connectivity index (χ1) is 17.2. The predicted molar refractivity (Wildman–Crippen MR) is 137 cm³/mol. The van der Waals surface area contributed by atoms with Crippen LogP contribution in [-0.2, 0) is 32.6 Å². The van der Waals surface area contributed by atoms with E-state index in [1.54, 1.807) is 37.3 Å². The first-order valence-electron chi connectivity index (χ1n) is 11.6. The summed E-state index contributed by atoms with van der Waals surface area (Å²) >= 11 is 0. The summed E-state index contributed by atoms with van der Waals surface area (Å²) in [7, 11) is -2.65. The van der Waals surface area contributed by atoms with Gasteiger partial charge in [0.2, 0.25) is 11.8 Å². The van der Waals surface area contributed by atoms with E-state index in [4.69, 9.17) is 0 Å². The van der Waals surface area contributed by atoms with Gasteiger partial charge in [0.05, 0.1) is 10.6 Å². The van der Waals surface area contributed by atoms with Gasteiger partial charge in [-0.25, -0.2) is 12.8 Å². The quantitative estimate of drug-likeness (QED) is 0.449. The van der Waals surface area contributed by atoms with Crippen molar-refractivity contribution in [2.24, 2.45) is 0 Å². The second kappa shape index (κ2) is 11.8. The Labute approximate surface area is 211 Å². The number of likely N-dealkylation sites (N-methyl/N-ethyl adjacent to an activating group) is 1. The molecule has 1 N–H and O–H groups in total. The van der Waals surface area contributed by atoms with E-state index < -0.39 is 40.2 Å². The lowest BCUT2D eigenvalue weighted by Gasteiger charge is -2.32. The van der Waals surface area contributed by atoms with Gasteiger partial charge in [0.25, 0.3) is 10.0 Å². The Bertz CT molecular complexity index is 1300. The molecule has 0 aliphatic rings. The number of aryl methyl sites for hydroxylation is 1. The van der Waals surface area contributed by atoms with Crippen LogP contribution in [0, 0.1) is 5.82 Å². The summed E-state index contributed by atoms with van der Waals surface area (Å²) in [6.45, 7) is 2.96. The van der Waals surface area contributed by atoms with E-state index in [9.17, 15) is 22.4 Å². The minimum Gasteiger partial charge on any atom is -0.357 e. The molecule has 3 aromatic carbocycles. The van der Waals surface area contributed by atoms with Crippen LogP contribution in [0.25, 0.3) is 0 Å². The number of carbonyl (C=O) groups is 2. The van der Waals surface area contributed by atoms with Gasteiger partial charge < -0.3 is 10.2 Å². The van der Waals surface area contributed by atoms with Crippen LogP contribution in [0.4, 0.5) is 10.1 Å². The van der Waals surface area contributed by atoms with Crippen molar-refractivity contribution in [3.8, 4) is 0 Å². The highest BCUT2D eigenvalue weighted by Crippen LogP contribution is 2.28. The molecule has 0 aliphatic heterocycles. The average molecular weight is 512 g/mol. The third kappa shape index (κ3) is 6.09. The van der Waals surface area contributed by atoms with E-state index in [-0.39, 0.29) is 11.4 Å². The van der Waals surface area contributed by atoms with Crippen LogP contribution >= 0.6 is 0 Å². The second-order valence-corrected chi connectivity index (χ2v) is 10.1. The molecule has 3 aromatic rings. The fraction of sp³-hybridized carbons (Fsp3) is 0.259. The summed E-state index contributed by atoms with van der Waals surface area (Å²) in [5.41, 5.74) is 1.76.